The van der Waals surface area contributed by atoms with Gasteiger partial charge in [-0.3, -0.25) is 0 Å². The van der Waals surface area contributed by atoms with E-state index in [1.54, 1.807) is 0 Å². The number of anilines is 1. The number of carbonyl (C=O) groups excluding carboxylic acids is 1. The SMILES string of the molecule is COC(=O)c1c(SC)nn(-c2nc3c(C)cccc3s2)c1N. The number of fused-ring (bicyclic) bond motifs is 1. The van der Waals surface area contributed by atoms with Crippen LogP contribution in [0.25, 0.3) is 15.3 Å². The number of esters is 1. The summed E-state index contributed by atoms with van der Waals surface area (Å²) in [4.78, 5) is 16.5. The van der Waals surface area contributed by atoms with Gasteiger partial charge in [-0.2, -0.15) is 9.78 Å². The van der Waals surface area contributed by atoms with Crippen LogP contribution in [0, 0.1) is 6.92 Å². The second-order valence-corrected chi connectivity index (χ2v) is 6.40. The zero-order valence-electron chi connectivity index (χ0n) is 12.3. The lowest BCUT2D eigenvalue weighted by Crippen LogP contribution is -2.07. The number of aryl methyl sites for hydroxylation is 1. The number of hydrogen-bond donors (Lipinski definition) is 1. The Bertz CT molecular complexity index is 869. The lowest BCUT2D eigenvalue weighted by Gasteiger charge is -2.00. The summed E-state index contributed by atoms with van der Waals surface area (Å²) in [5.74, 6) is -0.252. The molecule has 6 nitrogen and oxygen atoms in total. The molecule has 3 rings (SSSR count). The number of hydrogen-bond acceptors (Lipinski definition) is 7. The number of nitrogens with two attached hydrogens (primary N) is 1. The largest absolute Gasteiger partial charge is 0.465 e. The normalized spacial score (nSPS) is 11.0. The summed E-state index contributed by atoms with van der Waals surface area (Å²) in [5.41, 5.74) is 8.39. The zero-order chi connectivity index (χ0) is 15.9. The van der Waals surface area contributed by atoms with E-state index in [4.69, 9.17) is 10.5 Å². The van der Waals surface area contributed by atoms with E-state index in [1.807, 2.05) is 31.4 Å². The van der Waals surface area contributed by atoms with Gasteiger partial charge in [-0.15, -0.1) is 11.8 Å². The third kappa shape index (κ3) is 2.24. The van der Waals surface area contributed by atoms with Gasteiger partial charge in [0.05, 0.1) is 17.3 Å². The first-order chi connectivity index (χ1) is 10.6. The number of thiazole rings is 1. The van der Waals surface area contributed by atoms with Crippen LogP contribution in [-0.2, 0) is 4.74 Å². The molecule has 0 atom stereocenters. The molecule has 2 N–H and O–H groups in total. The number of carbonyl (C=O) groups is 1. The third-order valence-corrected chi connectivity index (χ3v) is 4.93. The number of thioether (sulfide) groups is 1. The van der Waals surface area contributed by atoms with Crippen molar-refractivity contribution >= 4 is 45.1 Å². The quantitative estimate of drug-likeness (QED) is 0.586. The molecule has 1 aromatic carbocycles. The monoisotopic (exact) mass is 334 g/mol. The van der Waals surface area contributed by atoms with Crippen molar-refractivity contribution in [2.24, 2.45) is 0 Å². The Kier molecular flexibility index (Phi) is 3.79. The second-order valence-electron chi connectivity index (χ2n) is 4.59. The number of benzene rings is 1. The summed E-state index contributed by atoms with van der Waals surface area (Å²) < 4.78 is 7.34. The van der Waals surface area contributed by atoms with E-state index in [0.29, 0.717) is 10.2 Å². The number of rotatable bonds is 3. The van der Waals surface area contributed by atoms with Gasteiger partial charge in [-0.05, 0) is 24.8 Å². The maximum absolute atomic E-state index is 11.9. The molecule has 0 saturated heterocycles. The lowest BCUT2D eigenvalue weighted by molar-refractivity contribution is 0.0598. The molecule has 0 bridgehead atoms. The standard InChI is InChI=1S/C14H14N4O2S2/c1-7-5-4-6-8-10(7)16-14(22-8)18-11(15)9(13(19)20-2)12(17-18)21-3/h4-6H,15H2,1-3H3. The van der Waals surface area contributed by atoms with Gasteiger partial charge >= 0.3 is 5.97 Å². The Hall–Kier alpha value is -2.06. The number of aromatic nitrogens is 3. The fourth-order valence-corrected chi connectivity index (χ4v) is 3.72. The Morgan fingerprint density at radius 3 is 2.86 bits per heavy atom. The summed E-state index contributed by atoms with van der Waals surface area (Å²) in [7, 11) is 1.32. The van der Waals surface area contributed by atoms with E-state index < -0.39 is 5.97 Å². The molecular weight excluding hydrogens is 320 g/mol. The summed E-state index contributed by atoms with van der Waals surface area (Å²) in [6, 6.07) is 5.99. The van der Waals surface area contributed by atoms with Gasteiger partial charge in [0.15, 0.2) is 0 Å². The predicted octanol–water partition coefficient (Wildman–Crippen LogP) is 2.88. The molecule has 0 saturated carbocycles. The molecule has 0 aliphatic carbocycles. The highest BCUT2D eigenvalue weighted by molar-refractivity contribution is 7.98. The van der Waals surface area contributed by atoms with E-state index in [0.717, 1.165) is 15.8 Å². The fraction of sp³-hybridized carbons (Fsp3) is 0.214. The van der Waals surface area contributed by atoms with Crippen LogP contribution in [0.4, 0.5) is 5.82 Å². The molecule has 114 valence electrons. The average molecular weight is 334 g/mol. The number of ether oxygens (including phenoxy) is 1. The van der Waals surface area contributed by atoms with E-state index in [9.17, 15) is 4.79 Å². The molecule has 0 fully saturated rings. The first-order valence-corrected chi connectivity index (χ1v) is 8.48. The van der Waals surface area contributed by atoms with Crippen molar-refractivity contribution in [2.75, 3.05) is 19.1 Å². The van der Waals surface area contributed by atoms with E-state index >= 15 is 0 Å². The highest BCUT2D eigenvalue weighted by Gasteiger charge is 2.24. The minimum Gasteiger partial charge on any atom is -0.465 e. The van der Waals surface area contributed by atoms with Crippen molar-refractivity contribution in [3.63, 3.8) is 0 Å². The van der Waals surface area contributed by atoms with Gasteiger partial charge < -0.3 is 10.5 Å². The van der Waals surface area contributed by atoms with Crippen molar-refractivity contribution < 1.29 is 9.53 Å². The Morgan fingerprint density at radius 2 is 2.23 bits per heavy atom. The van der Waals surface area contributed by atoms with Crippen LogP contribution in [0.15, 0.2) is 23.2 Å². The fourth-order valence-electron chi connectivity index (χ4n) is 2.16. The molecule has 0 spiro atoms. The highest BCUT2D eigenvalue weighted by atomic mass is 32.2. The average Bonchev–Trinajstić information content (AvgIpc) is 3.08. The summed E-state index contributed by atoms with van der Waals surface area (Å²) in [5, 5.41) is 5.55. The van der Waals surface area contributed by atoms with E-state index in [1.165, 1.54) is 34.9 Å². The molecule has 8 heteroatoms. The molecular formula is C14H14N4O2S2. The van der Waals surface area contributed by atoms with Crippen LogP contribution >= 0.6 is 23.1 Å². The lowest BCUT2D eigenvalue weighted by atomic mass is 10.2. The number of para-hydroxylation sites is 1. The van der Waals surface area contributed by atoms with Crippen molar-refractivity contribution in [3.05, 3.63) is 29.3 Å². The van der Waals surface area contributed by atoms with Gasteiger partial charge in [0, 0.05) is 0 Å². The minimum absolute atomic E-state index is 0.243. The molecule has 0 radical (unpaired) electrons. The maximum atomic E-state index is 11.9. The molecule has 22 heavy (non-hydrogen) atoms. The minimum atomic E-state index is -0.495. The van der Waals surface area contributed by atoms with Crippen LogP contribution in [0.1, 0.15) is 15.9 Å². The van der Waals surface area contributed by atoms with Gasteiger partial charge in [0.2, 0.25) is 5.13 Å². The Morgan fingerprint density at radius 1 is 1.45 bits per heavy atom. The van der Waals surface area contributed by atoms with Crippen molar-refractivity contribution in [2.45, 2.75) is 11.9 Å². The molecule has 0 aliphatic heterocycles. The van der Waals surface area contributed by atoms with Crippen molar-refractivity contribution in [1.29, 1.82) is 0 Å². The first kappa shape index (κ1) is 14.9. The molecule has 0 unspecified atom stereocenters. The second kappa shape index (κ2) is 5.62. The smallest absolute Gasteiger partial charge is 0.344 e. The number of methoxy groups -OCH3 is 1. The highest BCUT2D eigenvalue weighted by Crippen LogP contribution is 2.32. The molecule has 3 aromatic rings. The van der Waals surface area contributed by atoms with Gasteiger partial charge in [0.25, 0.3) is 0 Å². The van der Waals surface area contributed by atoms with Crippen LogP contribution in [0.2, 0.25) is 0 Å². The molecule has 0 amide bonds. The molecule has 0 aliphatic rings. The van der Waals surface area contributed by atoms with Crippen molar-refractivity contribution in [3.8, 4) is 5.13 Å². The Labute approximate surface area is 135 Å². The summed E-state index contributed by atoms with van der Waals surface area (Å²) >= 11 is 2.82. The molecule has 2 aromatic heterocycles. The van der Waals surface area contributed by atoms with Gasteiger partial charge in [-0.25, -0.2) is 9.78 Å². The summed E-state index contributed by atoms with van der Waals surface area (Å²) in [6.45, 7) is 2.01. The Balaban J connectivity index is 2.20. The van der Waals surface area contributed by atoms with Crippen LogP contribution < -0.4 is 5.73 Å². The van der Waals surface area contributed by atoms with E-state index in [-0.39, 0.29) is 11.4 Å². The van der Waals surface area contributed by atoms with Crippen LogP contribution in [0.5, 0.6) is 0 Å². The zero-order valence-corrected chi connectivity index (χ0v) is 13.9. The van der Waals surface area contributed by atoms with E-state index in [2.05, 4.69) is 10.1 Å². The summed E-state index contributed by atoms with van der Waals surface area (Å²) in [6.07, 6.45) is 1.83. The van der Waals surface area contributed by atoms with Crippen molar-refractivity contribution in [1.82, 2.24) is 14.8 Å². The topological polar surface area (TPSA) is 83.0 Å². The third-order valence-electron chi connectivity index (χ3n) is 3.26. The van der Waals surface area contributed by atoms with Crippen LogP contribution in [0.3, 0.4) is 0 Å². The van der Waals surface area contributed by atoms with Crippen LogP contribution in [-0.4, -0.2) is 34.1 Å². The number of nitrogen functional groups attached to an aromatic ring is 1. The van der Waals surface area contributed by atoms with Gasteiger partial charge in [-0.1, -0.05) is 23.5 Å². The molecule has 2 heterocycles. The van der Waals surface area contributed by atoms with Gasteiger partial charge in [0.1, 0.15) is 16.4 Å². The number of nitrogens with zero attached hydrogens (tertiary/aromatic N) is 3. The maximum Gasteiger partial charge on any atom is 0.344 e. The first-order valence-electron chi connectivity index (χ1n) is 6.44. The predicted molar refractivity (Wildman–Crippen MR) is 89.0 cm³/mol.